The van der Waals surface area contributed by atoms with Gasteiger partial charge in [0.1, 0.15) is 28.6 Å². The van der Waals surface area contributed by atoms with E-state index in [0.29, 0.717) is 19.4 Å². The third-order valence-electron chi connectivity index (χ3n) is 6.93. The van der Waals surface area contributed by atoms with Crippen LogP contribution in [0.25, 0.3) is 0 Å². The number of rotatable bonds is 16. The lowest BCUT2D eigenvalue weighted by Crippen LogP contribution is -2.58. The van der Waals surface area contributed by atoms with Gasteiger partial charge in [0, 0.05) is 19.6 Å². The zero-order valence-corrected chi connectivity index (χ0v) is 33.2. The zero-order valence-electron chi connectivity index (χ0n) is 33.2. The van der Waals surface area contributed by atoms with Gasteiger partial charge < -0.3 is 18.9 Å². The molecular formula is C37H71N3O8. The van der Waals surface area contributed by atoms with Crippen molar-refractivity contribution in [2.75, 3.05) is 19.6 Å². The Morgan fingerprint density at radius 1 is 0.479 bits per heavy atom. The highest BCUT2D eigenvalue weighted by Gasteiger charge is 2.39. The predicted octanol–water partition coefficient (Wildman–Crippen LogP) is 10.1. The molecule has 0 rings (SSSR count). The van der Waals surface area contributed by atoms with Crippen molar-refractivity contribution in [1.82, 2.24) is 14.7 Å². The van der Waals surface area contributed by atoms with Gasteiger partial charge in [-0.05, 0) is 115 Å². The maximum Gasteiger partial charge on any atom is 0.419 e. The summed E-state index contributed by atoms with van der Waals surface area (Å²) in [7, 11) is 0. The average Bonchev–Trinajstić information content (AvgIpc) is 2.87. The molecule has 11 heteroatoms. The van der Waals surface area contributed by atoms with E-state index in [0.717, 1.165) is 49.8 Å². The third kappa shape index (κ3) is 19.9. The first kappa shape index (κ1) is 45.3. The first-order valence-electron chi connectivity index (χ1n) is 18.0. The molecule has 0 aliphatic carbocycles. The summed E-state index contributed by atoms with van der Waals surface area (Å²) in [6.07, 6.45) is 4.18. The highest BCUT2D eigenvalue weighted by atomic mass is 16.6. The number of imide groups is 1. The molecular weight excluding hydrogens is 614 g/mol. The van der Waals surface area contributed by atoms with Crippen LogP contribution in [0.3, 0.4) is 0 Å². The number of hydrogen-bond donors (Lipinski definition) is 0. The molecule has 0 N–H and O–H groups in total. The molecule has 0 fully saturated rings. The van der Waals surface area contributed by atoms with Crippen LogP contribution in [0, 0.1) is 5.92 Å². The maximum atomic E-state index is 14.0. The SMILES string of the molecule is CCCCCCC(C)C(N(CCCC)C(=O)OC(C)(C)C)N(CCCCN(C(=O)OC(C)(C)C)C(=O)OC(C)(C)C)C(=O)OC(C)(C)C. The Morgan fingerprint density at radius 3 is 1.21 bits per heavy atom. The summed E-state index contributed by atoms with van der Waals surface area (Å²) >= 11 is 0. The molecule has 0 aliphatic heterocycles. The van der Waals surface area contributed by atoms with E-state index in [1.807, 2.05) is 41.5 Å². The van der Waals surface area contributed by atoms with E-state index in [1.165, 1.54) is 0 Å². The van der Waals surface area contributed by atoms with Crippen molar-refractivity contribution in [3.05, 3.63) is 0 Å². The van der Waals surface area contributed by atoms with Crippen LogP contribution < -0.4 is 0 Å². The van der Waals surface area contributed by atoms with Crippen LogP contribution in [-0.4, -0.2) is 87.3 Å². The van der Waals surface area contributed by atoms with Crippen LogP contribution in [-0.2, 0) is 18.9 Å². The number of nitrogens with zero attached hydrogens (tertiary/aromatic N) is 3. The largest absolute Gasteiger partial charge is 0.444 e. The van der Waals surface area contributed by atoms with Crippen LogP contribution >= 0.6 is 0 Å². The minimum atomic E-state index is -0.811. The smallest absolute Gasteiger partial charge is 0.419 e. The van der Waals surface area contributed by atoms with E-state index in [1.54, 1.807) is 51.3 Å². The van der Waals surface area contributed by atoms with E-state index in [9.17, 15) is 19.2 Å². The molecule has 0 saturated carbocycles. The molecule has 0 aromatic heterocycles. The van der Waals surface area contributed by atoms with Gasteiger partial charge in [-0.25, -0.2) is 24.1 Å². The fourth-order valence-electron chi connectivity index (χ4n) is 4.90. The summed E-state index contributed by atoms with van der Waals surface area (Å²) in [5.41, 5.74) is -3.11. The highest BCUT2D eigenvalue weighted by Crippen LogP contribution is 2.27. The van der Waals surface area contributed by atoms with Crippen LogP contribution in [0.5, 0.6) is 0 Å². The molecule has 0 radical (unpaired) electrons. The van der Waals surface area contributed by atoms with Crippen molar-refractivity contribution in [2.45, 2.75) is 190 Å². The van der Waals surface area contributed by atoms with E-state index < -0.39 is 52.9 Å². The molecule has 0 aliphatic rings. The zero-order chi connectivity index (χ0) is 37.5. The van der Waals surface area contributed by atoms with E-state index in [2.05, 4.69) is 20.8 Å². The predicted molar refractivity (Wildman–Crippen MR) is 191 cm³/mol. The molecule has 282 valence electrons. The second kappa shape index (κ2) is 20.1. The van der Waals surface area contributed by atoms with Crippen LogP contribution in [0.2, 0.25) is 0 Å². The van der Waals surface area contributed by atoms with Crippen molar-refractivity contribution in [2.24, 2.45) is 5.92 Å². The van der Waals surface area contributed by atoms with Crippen molar-refractivity contribution < 1.29 is 38.1 Å². The fourth-order valence-corrected chi connectivity index (χ4v) is 4.90. The first-order valence-corrected chi connectivity index (χ1v) is 18.0. The van der Waals surface area contributed by atoms with Crippen LogP contribution in [0.4, 0.5) is 19.2 Å². The standard InChI is InChI=1S/C37H71N3O8/c1-16-18-20-21-24-28(3)29(38(25-19-17-2)30(41)45-34(4,5)6)39(31(42)46-35(7,8)9)26-22-23-27-40(32(43)47-36(10,11)12)33(44)48-37(13,14)15/h28-29H,16-27H2,1-15H3. The van der Waals surface area contributed by atoms with Gasteiger partial charge in [0.15, 0.2) is 0 Å². The molecule has 0 spiro atoms. The van der Waals surface area contributed by atoms with E-state index >= 15 is 0 Å². The van der Waals surface area contributed by atoms with Crippen molar-refractivity contribution in [1.29, 1.82) is 0 Å². The molecule has 0 heterocycles. The Kier molecular flexibility index (Phi) is 18.9. The molecule has 4 amide bonds. The van der Waals surface area contributed by atoms with Crippen molar-refractivity contribution in [3.63, 3.8) is 0 Å². The molecule has 0 aromatic rings. The van der Waals surface area contributed by atoms with Crippen molar-refractivity contribution in [3.8, 4) is 0 Å². The van der Waals surface area contributed by atoms with E-state index in [4.69, 9.17) is 18.9 Å². The molecule has 11 nitrogen and oxygen atoms in total. The number of hydrogen-bond acceptors (Lipinski definition) is 8. The average molecular weight is 686 g/mol. The molecule has 48 heavy (non-hydrogen) atoms. The van der Waals surface area contributed by atoms with E-state index in [-0.39, 0.29) is 19.0 Å². The van der Waals surface area contributed by atoms with Gasteiger partial charge in [0.25, 0.3) is 0 Å². The number of ether oxygens (including phenoxy) is 4. The summed E-state index contributed by atoms with van der Waals surface area (Å²) < 4.78 is 22.8. The molecule has 2 atom stereocenters. The summed E-state index contributed by atoms with van der Waals surface area (Å²) in [5.74, 6) is -0.0845. The summed E-state index contributed by atoms with van der Waals surface area (Å²) in [4.78, 5) is 58.2. The van der Waals surface area contributed by atoms with Gasteiger partial charge in [-0.15, -0.1) is 0 Å². The summed E-state index contributed by atoms with van der Waals surface area (Å²) in [6, 6.07) is 0. The van der Waals surface area contributed by atoms with Gasteiger partial charge >= 0.3 is 24.4 Å². The Balaban J connectivity index is 6.59. The number of amides is 4. The number of carbonyl (C=O) groups is 4. The second-order valence-corrected chi connectivity index (χ2v) is 16.8. The van der Waals surface area contributed by atoms with Gasteiger partial charge in [0.05, 0.1) is 0 Å². The number of unbranched alkanes of at least 4 members (excludes halogenated alkanes) is 5. The Hall–Kier alpha value is -2.72. The molecule has 2 unspecified atom stereocenters. The fraction of sp³-hybridized carbons (Fsp3) is 0.892. The molecule has 0 bridgehead atoms. The first-order chi connectivity index (χ1) is 21.8. The Morgan fingerprint density at radius 2 is 0.833 bits per heavy atom. The Labute approximate surface area is 292 Å². The quantitative estimate of drug-likeness (QED) is 0.0896. The van der Waals surface area contributed by atoms with Gasteiger partial charge in [-0.2, -0.15) is 0 Å². The summed E-state index contributed by atoms with van der Waals surface area (Å²) in [5, 5.41) is 0. The molecule has 0 saturated heterocycles. The van der Waals surface area contributed by atoms with Crippen molar-refractivity contribution >= 4 is 24.4 Å². The lowest BCUT2D eigenvalue weighted by Gasteiger charge is -2.43. The third-order valence-corrected chi connectivity index (χ3v) is 6.93. The lowest BCUT2D eigenvalue weighted by molar-refractivity contribution is -0.0428. The van der Waals surface area contributed by atoms with Gasteiger partial charge in [-0.3, -0.25) is 9.80 Å². The van der Waals surface area contributed by atoms with Crippen LogP contribution in [0.1, 0.15) is 162 Å². The van der Waals surface area contributed by atoms with Gasteiger partial charge in [0.2, 0.25) is 0 Å². The topological polar surface area (TPSA) is 115 Å². The lowest BCUT2D eigenvalue weighted by atomic mass is 9.97. The Bertz CT molecular complexity index is 961. The monoisotopic (exact) mass is 686 g/mol. The minimum Gasteiger partial charge on any atom is -0.444 e. The minimum absolute atomic E-state index is 0.0227. The highest BCUT2D eigenvalue weighted by molar-refractivity contribution is 5.88. The van der Waals surface area contributed by atoms with Crippen LogP contribution in [0.15, 0.2) is 0 Å². The molecule has 0 aromatic carbocycles. The van der Waals surface area contributed by atoms with Gasteiger partial charge in [-0.1, -0.05) is 52.9 Å². The normalized spacial score (nSPS) is 13.6. The maximum absolute atomic E-state index is 14.0. The number of carbonyl (C=O) groups excluding carboxylic acids is 4. The summed E-state index contributed by atoms with van der Waals surface area (Å²) in [6.45, 7) is 28.3. The second-order valence-electron chi connectivity index (χ2n) is 16.8.